The maximum absolute atomic E-state index is 6.09. The third-order valence-corrected chi connectivity index (χ3v) is 6.23. The smallest absolute Gasteiger partial charge is 0.187 e. The van der Waals surface area contributed by atoms with Crippen molar-refractivity contribution in [1.29, 1.82) is 0 Å². The van der Waals surface area contributed by atoms with E-state index in [0.717, 1.165) is 53.2 Å². The molecular formula is C21H28N6OS. The molecule has 1 fully saturated rings. The zero-order valence-corrected chi connectivity index (χ0v) is 18.5. The van der Waals surface area contributed by atoms with Crippen molar-refractivity contribution in [3.8, 4) is 0 Å². The summed E-state index contributed by atoms with van der Waals surface area (Å²) in [5.74, 6) is 0. The van der Waals surface area contributed by atoms with Crippen LogP contribution in [0, 0.1) is 27.7 Å². The summed E-state index contributed by atoms with van der Waals surface area (Å²) in [6, 6.07) is 4.14. The third-order valence-electron chi connectivity index (χ3n) is 5.24. The normalized spacial score (nSPS) is 17.6. The molecule has 0 radical (unpaired) electrons. The van der Waals surface area contributed by atoms with E-state index in [1.165, 1.54) is 10.4 Å². The van der Waals surface area contributed by atoms with E-state index in [9.17, 15) is 0 Å². The number of morpholine rings is 1. The molecule has 7 nitrogen and oxygen atoms in total. The third kappa shape index (κ3) is 4.66. The summed E-state index contributed by atoms with van der Waals surface area (Å²) in [7, 11) is 1.97. The maximum atomic E-state index is 6.09. The topological polar surface area (TPSA) is 68.1 Å². The van der Waals surface area contributed by atoms with Crippen LogP contribution in [-0.4, -0.2) is 44.3 Å². The number of nitrogens with one attached hydrogen (secondary N) is 1. The highest BCUT2D eigenvalue weighted by atomic mass is 32.1. The highest BCUT2D eigenvalue weighted by molar-refractivity contribution is 7.15. The van der Waals surface area contributed by atoms with E-state index in [1.54, 1.807) is 11.3 Å². The number of ether oxygens (including phenoxy) is 1. The molecule has 0 aromatic carbocycles. The molecule has 1 atom stereocenters. The van der Waals surface area contributed by atoms with E-state index in [1.807, 2.05) is 25.6 Å². The summed E-state index contributed by atoms with van der Waals surface area (Å²) < 4.78 is 7.96. The van der Waals surface area contributed by atoms with Crippen molar-refractivity contribution in [1.82, 2.24) is 24.6 Å². The summed E-state index contributed by atoms with van der Waals surface area (Å²) in [5, 5.41) is 8.80. The number of rotatable bonds is 5. The molecule has 3 aromatic rings. The van der Waals surface area contributed by atoms with Crippen LogP contribution in [0.3, 0.4) is 0 Å². The molecule has 29 heavy (non-hydrogen) atoms. The summed E-state index contributed by atoms with van der Waals surface area (Å²) in [6.07, 6.45) is 2.06. The minimum atomic E-state index is -0.0408. The van der Waals surface area contributed by atoms with Gasteiger partial charge in [0.25, 0.3) is 0 Å². The second-order valence-corrected chi connectivity index (χ2v) is 8.92. The predicted octanol–water partition coefficient (Wildman–Crippen LogP) is 3.82. The molecule has 4 rings (SSSR count). The van der Waals surface area contributed by atoms with Crippen LogP contribution in [0.5, 0.6) is 0 Å². The number of hydrogen-bond donors (Lipinski definition) is 1. The molecule has 0 amide bonds. The molecule has 8 heteroatoms. The maximum Gasteiger partial charge on any atom is 0.187 e. The van der Waals surface area contributed by atoms with Gasteiger partial charge in [0.1, 0.15) is 6.10 Å². The Morgan fingerprint density at radius 3 is 2.69 bits per heavy atom. The van der Waals surface area contributed by atoms with E-state index in [2.05, 4.69) is 52.5 Å². The van der Waals surface area contributed by atoms with Gasteiger partial charge in [-0.15, -0.1) is 11.3 Å². The van der Waals surface area contributed by atoms with E-state index in [-0.39, 0.29) is 6.10 Å². The van der Waals surface area contributed by atoms with Gasteiger partial charge in [0.2, 0.25) is 0 Å². The number of thiazole rings is 1. The van der Waals surface area contributed by atoms with Gasteiger partial charge in [-0.1, -0.05) is 0 Å². The SMILES string of the molecule is Cc1cc(Nc2nc(C)c(C)s2)cc(C2CN(Cc3cn(C)nc3C)CCO2)n1. The molecule has 3 aromatic heterocycles. The predicted molar refractivity (Wildman–Crippen MR) is 116 cm³/mol. The first-order valence-corrected chi connectivity index (χ1v) is 10.7. The molecule has 1 aliphatic heterocycles. The lowest BCUT2D eigenvalue weighted by atomic mass is 10.1. The lowest BCUT2D eigenvalue weighted by Crippen LogP contribution is -2.38. The number of anilines is 2. The van der Waals surface area contributed by atoms with Gasteiger partial charge in [-0.2, -0.15) is 5.10 Å². The first kappa shape index (κ1) is 20.0. The Morgan fingerprint density at radius 1 is 1.17 bits per heavy atom. The quantitative estimate of drug-likeness (QED) is 0.687. The van der Waals surface area contributed by atoms with Gasteiger partial charge in [-0.25, -0.2) is 4.98 Å². The second kappa shape index (κ2) is 8.22. The Kier molecular flexibility index (Phi) is 5.67. The molecule has 0 bridgehead atoms. The van der Waals surface area contributed by atoms with Gasteiger partial charge < -0.3 is 10.1 Å². The largest absolute Gasteiger partial charge is 0.369 e. The minimum Gasteiger partial charge on any atom is -0.369 e. The van der Waals surface area contributed by atoms with Gasteiger partial charge in [0.15, 0.2) is 5.13 Å². The number of nitrogens with zero attached hydrogens (tertiary/aromatic N) is 5. The van der Waals surface area contributed by atoms with Gasteiger partial charge in [-0.3, -0.25) is 14.6 Å². The van der Waals surface area contributed by atoms with Crippen molar-refractivity contribution in [3.05, 3.63) is 51.5 Å². The molecule has 154 valence electrons. The number of aromatic nitrogens is 4. The molecule has 1 unspecified atom stereocenters. The van der Waals surface area contributed by atoms with Crippen LogP contribution in [-0.2, 0) is 18.3 Å². The Bertz CT molecular complexity index is 991. The van der Waals surface area contributed by atoms with Crippen molar-refractivity contribution >= 4 is 22.2 Å². The van der Waals surface area contributed by atoms with Gasteiger partial charge in [-0.05, 0) is 39.8 Å². The first-order valence-electron chi connectivity index (χ1n) is 9.90. The van der Waals surface area contributed by atoms with Crippen molar-refractivity contribution in [2.75, 3.05) is 25.0 Å². The van der Waals surface area contributed by atoms with Gasteiger partial charge in [0.05, 0.1) is 23.7 Å². The number of aryl methyl sites for hydroxylation is 5. The number of hydrogen-bond acceptors (Lipinski definition) is 7. The van der Waals surface area contributed by atoms with Crippen LogP contribution in [0.15, 0.2) is 18.3 Å². The van der Waals surface area contributed by atoms with Crippen LogP contribution in [0.1, 0.15) is 39.3 Å². The van der Waals surface area contributed by atoms with Crippen LogP contribution >= 0.6 is 11.3 Å². The molecule has 1 N–H and O–H groups in total. The van der Waals surface area contributed by atoms with Crippen LogP contribution < -0.4 is 5.32 Å². The zero-order chi connectivity index (χ0) is 20.5. The summed E-state index contributed by atoms with van der Waals surface area (Å²) in [4.78, 5) is 13.0. The van der Waals surface area contributed by atoms with Crippen LogP contribution in [0.2, 0.25) is 0 Å². The molecular weight excluding hydrogens is 384 g/mol. The average molecular weight is 413 g/mol. The van der Waals surface area contributed by atoms with E-state index < -0.39 is 0 Å². The lowest BCUT2D eigenvalue weighted by molar-refractivity contribution is -0.0350. The lowest BCUT2D eigenvalue weighted by Gasteiger charge is -2.32. The Hall–Kier alpha value is -2.29. The van der Waals surface area contributed by atoms with Gasteiger partial charge >= 0.3 is 0 Å². The minimum absolute atomic E-state index is 0.0408. The molecule has 1 saturated heterocycles. The summed E-state index contributed by atoms with van der Waals surface area (Å²) in [6.45, 7) is 11.5. The van der Waals surface area contributed by atoms with Gasteiger partial charge in [0, 0.05) is 54.7 Å². The summed E-state index contributed by atoms with van der Waals surface area (Å²) >= 11 is 1.67. The Balaban J connectivity index is 1.49. The first-order chi connectivity index (χ1) is 13.9. The molecule has 0 saturated carbocycles. The monoisotopic (exact) mass is 412 g/mol. The van der Waals surface area contributed by atoms with Crippen molar-refractivity contribution < 1.29 is 4.74 Å². The molecule has 0 aliphatic carbocycles. The molecule has 1 aliphatic rings. The average Bonchev–Trinajstić information content (AvgIpc) is 3.14. The van der Waals surface area contributed by atoms with Crippen LogP contribution in [0.4, 0.5) is 10.8 Å². The highest BCUT2D eigenvalue weighted by Gasteiger charge is 2.24. The fourth-order valence-corrected chi connectivity index (χ4v) is 4.49. The van der Waals surface area contributed by atoms with Crippen molar-refractivity contribution in [2.24, 2.45) is 7.05 Å². The second-order valence-electron chi connectivity index (χ2n) is 7.72. The van der Waals surface area contributed by atoms with E-state index in [0.29, 0.717) is 6.61 Å². The standard InChI is InChI=1S/C21H28N6OS/c1-13-8-18(24-21-23-14(2)16(4)29-21)9-19(22-13)20-12-27(6-7-28-20)11-17-10-26(5)25-15(17)3/h8-10,20H,6-7,11-12H2,1-5H3,(H,22,23,24). The zero-order valence-electron chi connectivity index (χ0n) is 17.7. The van der Waals surface area contributed by atoms with E-state index >= 15 is 0 Å². The Labute approximate surface area is 175 Å². The number of pyridine rings is 1. The Morgan fingerprint density at radius 2 is 2.00 bits per heavy atom. The fraction of sp³-hybridized carbons (Fsp3) is 0.476. The van der Waals surface area contributed by atoms with E-state index in [4.69, 9.17) is 9.72 Å². The highest BCUT2D eigenvalue weighted by Crippen LogP contribution is 2.28. The van der Waals surface area contributed by atoms with Crippen molar-refractivity contribution in [3.63, 3.8) is 0 Å². The van der Waals surface area contributed by atoms with Crippen molar-refractivity contribution in [2.45, 2.75) is 40.3 Å². The van der Waals surface area contributed by atoms with Crippen LogP contribution in [0.25, 0.3) is 0 Å². The molecule has 0 spiro atoms. The molecule has 4 heterocycles. The fourth-order valence-electron chi connectivity index (χ4n) is 3.65. The summed E-state index contributed by atoms with van der Waals surface area (Å²) in [5.41, 5.74) is 6.36.